The van der Waals surface area contributed by atoms with Gasteiger partial charge in [0.15, 0.2) is 0 Å². The molecule has 0 aliphatic carbocycles. The molecule has 0 unspecified atom stereocenters. The molecule has 0 aliphatic heterocycles. The predicted molar refractivity (Wildman–Crippen MR) is 89.0 cm³/mol. The molecule has 0 saturated heterocycles. The Hall–Kier alpha value is -2.24. The summed E-state index contributed by atoms with van der Waals surface area (Å²) >= 11 is 6.14. The minimum Gasteiger partial charge on any atom is -0.479 e. The highest BCUT2D eigenvalue weighted by Crippen LogP contribution is 2.25. The van der Waals surface area contributed by atoms with Gasteiger partial charge in [-0.3, -0.25) is 4.99 Å². The lowest BCUT2D eigenvalue weighted by Gasteiger charge is -2.05. The Bertz CT molecular complexity index is 714. The van der Waals surface area contributed by atoms with Crippen LogP contribution in [0.1, 0.15) is 16.7 Å². The van der Waals surface area contributed by atoms with Crippen molar-refractivity contribution in [2.45, 2.75) is 13.8 Å². The maximum absolute atomic E-state index is 6.14. The van der Waals surface area contributed by atoms with Crippen LogP contribution in [0.3, 0.4) is 0 Å². The number of terminal acetylenes is 1. The number of aryl methyl sites for hydroxylation is 2. The Morgan fingerprint density at radius 2 is 2.00 bits per heavy atom. The molecule has 106 valence electrons. The van der Waals surface area contributed by atoms with Gasteiger partial charge in [0.2, 0.25) is 0 Å². The van der Waals surface area contributed by atoms with Gasteiger partial charge in [-0.05, 0) is 60.9 Å². The molecule has 21 heavy (non-hydrogen) atoms. The third-order valence-corrected chi connectivity index (χ3v) is 3.42. The number of nitrogens with zero attached hydrogens (tertiary/aromatic N) is 1. The summed E-state index contributed by atoms with van der Waals surface area (Å²) in [5.41, 5.74) is 4.31. The topological polar surface area (TPSA) is 21.6 Å². The lowest BCUT2D eigenvalue weighted by atomic mass is 10.1. The van der Waals surface area contributed by atoms with Crippen molar-refractivity contribution >= 4 is 23.5 Å². The number of halogens is 1. The second-order valence-corrected chi connectivity index (χ2v) is 5.12. The van der Waals surface area contributed by atoms with Crippen molar-refractivity contribution in [3.63, 3.8) is 0 Å². The Morgan fingerprint density at radius 3 is 2.67 bits per heavy atom. The predicted octanol–water partition coefficient (Wildman–Crippen LogP) is 4.72. The zero-order chi connectivity index (χ0) is 15.2. The molecule has 0 bridgehead atoms. The fourth-order valence-electron chi connectivity index (χ4n) is 1.79. The molecule has 0 spiro atoms. The first kappa shape index (κ1) is 15.2. The Morgan fingerprint density at radius 1 is 1.19 bits per heavy atom. The zero-order valence-electron chi connectivity index (χ0n) is 12.1. The number of rotatable bonds is 4. The van der Waals surface area contributed by atoms with Crippen LogP contribution in [-0.4, -0.2) is 12.8 Å². The van der Waals surface area contributed by atoms with Crippen LogP contribution in [0.2, 0.25) is 5.02 Å². The molecule has 0 aromatic heterocycles. The molecular formula is C18H16ClNO. The average Bonchev–Trinajstić information content (AvgIpc) is 2.47. The standard InChI is InChI=1S/C18H16ClNO/c1-4-9-21-18-8-6-15(11-17(18)19)12-20-16-7-5-13(2)14(3)10-16/h1,5-8,10-12H,9H2,2-3H3. The summed E-state index contributed by atoms with van der Waals surface area (Å²) in [6.45, 7) is 4.36. The molecule has 0 N–H and O–H groups in total. The second-order valence-electron chi connectivity index (χ2n) is 4.71. The largest absolute Gasteiger partial charge is 0.479 e. The van der Waals surface area contributed by atoms with E-state index in [1.165, 1.54) is 11.1 Å². The first-order valence-electron chi connectivity index (χ1n) is 6.57. The summed E-state index contributed by atoms with van der Waals surface area (Å²) in [6, 6.07) is 11.6. The molecule has 2 aromatic carbocycles. The molecule has 0 aliphatic rings. The van der Waals surface area contributed by atoms with Gasteiger partial charge < -0.3 is 4.74 Å². The van der Waals surface area contributed by atoms with Gasteiger partial charge in [-0.15, -0.1) is 6.42 Å². The molecule has 0 fully saturated rings. The Labute approximate surface area is 130 Å². The van der Waals surface area contributed by atoms with Crippen LogP contribution in [0.25, 0.3) is 0 Å². The molecule has 2 aromatic rings. The summed E-state index contributed by atoms with van der Waals surface area (Å²) in [5.74, 6) is 2.99. The normalized spacial score (nSPS) is 10.6. The van der Waals surface area contributed by atoms with Crippen LogP contribution in [0.4, 0.5) is 5.69 Å². The summed E-state index contributed by atoms with van der Waals surface area (Å²) in [7, 11) is 0. The fraction of sp³-hybridized carbons (Fsp3) is 0.167. The van der Waals surface area contributed by atoms with Gasteiger partial charge in [0.25, 0.3) is 0 Å². The first-order chi connectivity index (χ1) is 10.1. The number of benzene rings is 2. The zero-order valence-corrected chi connectivity index (χ0v) is 12.8. The maximum Gasteiger partial charge on any atom is 0.148 e. The molecule has 0 heterocycles. The third-order valence-electron chi connectivity index (χ3n) is 3.12. The fourth-order valence-corrected chi connectivity index (χ4v) is 2.03. The van der Waals surface area contributed by atoms with Crippen molar-refractivity contribution < 1.29 is 4.74 Å². The highest BCUT2D eigenvalue weighted by Gasteiger charge is 2.01. The van der Waals surface area contributed by atoms with Gasteiger partial charge in [-0.2, -0.15) is 0 Å². The molecule has 0 radical (unpaired) electrons. The number of hydrogen-bond acceptors (Lipinski definition) is 2. The van der Waals surface area contributed by atoms with Crippen molar-refractivity contribution in [1.82, 2.24) is 0 Å². The summed E-state index contributed by atoms with van der Waals surface area (Å²) in [4.78, 5) is 4.45. The third kappa shape index (κ3) is 4.11. The summed E-state index contributed by atoms with van der Waals surface area (Å²) < 4.78 is 5.32. The van der Waals surface area contributed by atoms with Crippen LogP contribution in [0.15, 0.2) is 41.4 Å². The lowest BCUT2D eigenvalue weighted by Crippen LogP contribution is -1.94. The van der Waals surface area contributed by atoms with E-state index in [2.05, 4.69) is 36.9 Å². The smallest absolute Gasteiger partial charge is 0.148 e. The van der Waals surface area contributed by atoms with E-state index in [0.717, 1.165) is 11.3 Å². The van der Waals surface area contributed by atoms with E-state index in [1.54, 1.807) is 18.3 Å². The number of aliphatic imine (C=N–C) groups is 1. The van der Waals surface area contributed by atoms with Crippen LogP contribution < -0.4 is 4.74 Å². The van der Waals surface area contributed by atoms with E-state index in [0.29, 0.717) is 10.8 Å². The molecule has 0 saturated carbocycles. The SMILES string of the molecule is C#CCOc1ccc(C=Nc2ccc(C)c(C)c2)cc1Cl. The van der Waals surface area contributed by atoms with Gasteiger partial charge in [-0.25, -0.2) is 0 Å². The van der Waals surface area contributed by atoms with Gasteiger partial charge >= 0.3 is 0 Å². The van der Waals surface area contributed by atoms with Gasteiger partial charge in [0.1, 0.15) is 12.4 Å². The maximum atomic E-state index is 6.14. The van der Waals surface area contributed by atoms with Crippen LogP contribution in [0.5, 0.6) is 5.75 Å². The van der Waals surface area contributed by atoms with Gasteiger partial charge in [-0.1, -0.05) is 23.6 Å². The van der Waals surface area contributed by atoms with Crippen molar-refractivity contribution in [3.05, 3.63) is 58.1 Å². The molecule has 2 rings (SSSR count). The van der Waals surface area contributed by atoms with Crippen molar-refractivity contribution in [2.24, 2.45) is 4.99 Å². The Kier molecular flexibility index (Phi) is 5.03. The monoisotopic (exact) mass is 297 g/mol. The van der Waals surface area contributed by atoms with Crippen molar-refractivity contribution in [1.29, 1.82) is 0 Å². The minimum absolute atomic E-state index is 0.204. The first-order valence-corrected chi connectivity index (χ1v) is 6.95. The molecule has 3 heteroatoms. The number of ether oxygens (including phenoxy) is 1. The summed E-state index contributed by atoms with van der Waals surface area (Å²) in [5, 5.41) is 0.522. The Balaban J connectivity index is 2.15. The van der Waals surface area contributed by atoms with E-state index >= 15 is 0 Å². The second kappa shape index (κ2) is 6.97. The molecule has 0 amide bonds. The minimum atomic E-state index is 0.204. The highest BCUT2D eigenvalue weighted by molar-refractivity contribution is 6.32. The van der Waals surface area contributed by atoms with Crippen molar-refractivity contribution in [3.8, 4) is 18.1 Å². The van der Waals surface area contributed by atoms with E-state index in [4.69, 9.17) is 22.8 Å². The average molecular weight is 298 g/mol. The number of hydrogen-bond donors (Lipinski definition) is 0. The summed E-state index contributed by atoms with van der Waals surface area (Å²) in [6.07, 6.45) is 6.93. The molecule has 0 atom stereocenters. The van der Waals surface area contributed by atoms with Gasteiger partial charge in [0.05, 0.1) is 10.7 Å². The highest BCUT2D eigenvalue weighted by atomic mass is 35.5. The lowest BCUT2D eigenvalue weighted by molar-refractivity contribution is 0.370. The van der Waals surface area contributed by atoms with E-state index in [1.807, 2.05) is 12.1 Å². The van der Waals surface area contributed by atoms with Crippen LogP contribution in [-0.2, 0) is 0 Å². The van der Waals surface area contributed by atoms with Gasteiger partial charge in [0, 0.05) is 6.21 Å². The quantitative estimate of drug-likeness (QED) is 0.591. The van der Waals surface area contributed by atoms with E-state index in [9.17, 15) is 0 Å². The molecular weight excluding hydrogens is 282 g/mol. The van der Waals surface area contributed by atoms with Crippen molar-refractivity contribution in [2.75, 3.05) is 6.61 Å². The van der Waals surface area contributed by atoms with Crippen LogP contribution >= 0.6 is 11.6 Å². The van der Waals surface area contributed by atoms with E-state index in [-0.39, 0.29) is 6.61 Å². The molecule has 2 nitrogen and oxygen atoms in total. The van der Waals surface area contributed by atoms with E-state index < -0.39 is 0 Å². The van der Waals surface area contributed by atoms with Crippen LogP contribution in [0, 0.1) is 26.2 Å².